The molecule has 172 valence electrons. The number of hydrogen-bond acceptors (Lipinski definition) is 4. The van der Waals surface area contributed by atoms with E-state index in [1.807, 2.05) is 4.98 Å². The normalized spacial score (nSPS) is 12.8. The van der Waals surface area contributed by atoms with Gasteiger partial charge in [-0.1, -0.05) is 17.7 Å². The van der Waals surface area contributed by atoms with Gasteiger partial charge in [0.15, 0.2) is 0 Å². The van der Waals surface area contributed by atoms with E-state index in [0.29, 0.717) is 12.1 Å². The predicted octanol–water partition coefficient (Wildman–Crippen LogP) is 4.76. The molecular weight excluding hydrogens is 490 g/mol. The predicted molar refractivity (Wildman–Crippen MR) is 104 cm³/mol. The lowest BCUT2D eigenvalue weighted by atomic mass is 9.98. The van der Waals surface area contributed by atoms with Gasteiger partial charge in [0.1, 0.15) is 11.4 Å². The Hall–Kier alpha value is -2.93. The average Bonchev–Trinajstić information content (AvgIpc) is 2.65. The zero-order chi connectivity index (χ0) is 24.1. The van der Waals surface area contributed by atoms with Crippen LogP contribution in [0.1, 0.15) is 16.7 Å². The molecule has 0 spiro atoms. The van der Waals surface area contributed by atoms with Crippen LogP contribution in [0.3, 0.4) is 0 Å². The van der Waals surface area contributed by atoms with Crippen molar-refractivity contribution in [3.8, 4) is 5.75 Å². The number of nitrogens with one attached hydrogen (secondary N) is 2. The number of alkyl halides is 6. The number of aromatic hydroxyl groups is 1. The third kappa shape index (κ3) is 4.63. The number of halogens is 7. The first-order chi connectivity index (χ1) is 14.6. The SMILES string of the molecule is O=c1[nH]c2cc(C(F)(F)F)ccc2c(Cc2cc(Cl)ccc2O)c1NS(=O)(=O)C(F)(F)F. The smallest absolute Gasteiger partial charge is 0.508 e. The van der Waals surface area contributed by atoms with E-state index in [2.05, 4.69) is 0 Å². The molecule has 0 bridgehead atoms. The van der Waals surface area contributed by atoms with E-state index in [1.54, 1.807) is 0 Å². The number of phenols is 1. The molecule has 0 atom stereocenters. The molecule has 32 heavy (non-hydrogen) atoms. The summed E-state index contributed by atoms with van der Waals surface area (Å²) in [5.74, 6) is -0.389. The van der Waals surface area contributed by atoms with Crippen LogP contribution in [-0.2, 0) is 22.6 Å². The number of fused-ring (bicyclic) bond motifs is 1. The van der Waals surface area contributed by atoms with Gasteiger partial charge >= 0.3 is 21.7 Å². The van der Waals surface area contributed by atoms with Crippen LogP contribution >= 0.6 is 11.6 Å². The van der Waals surface area contributed by atoms with Crippen LogP contribution in [0.15, 0.2) is 41.2 Å². The molecular formula is C18H11ClF6N2O4S. The van der Waals surface area contributed by atoms with Crippen LogP contribution < -0.4 is 10.3 Å². The maximum Gasteiger partial charge on any atom is 0.516 e. The lowest BCUT2D eigenvalue weighted by Crippen LogP contribution is -2.33. The summed E-state index contributed by atoms with van der Waals surface area (Å²) in [4.78, 5) is 14.4. The maximum absolute atomic E-state index is 13.0. The fourth-order valence-electron chi connectivity index (χ4n) is 2.91. The zero-order valence-electron chi connectivity index (χ0n) is 15.4. The molecule has 0 aliphatic carbocycles. The summed E-state index contributed by atoms with van der Waals surface area (Å²) < 4.78 is 102. The molecule has 0 fully saturated rings. The van der Waals surface area contributed by atoms with Crippen molar-refractivity contribution < 1.29 is 39.9 Å². The highest BCUT2D eigenvalue weighted by molar-refractivity contribution is 7.93. The molecule has 14 heteroatoms. The quantitative estimate of drug-likeness (QED) is 0.450. The van der Waals surface area contributed by atoms with E-state index in [-0.39, 0.29) is 21.7 Å². The Morgan fingerprint density at radius 1 is 1.03 bits per heavy atom. The Morgan fingerprint density at radius 3 is 2.28 bits per heavy atom. The van der Waals surface area contributed by atoms with Crippen LogP contribution in [0, 0.1) is 0 Å². The van der Waals surface area contributed by atoms with Gasteiger partial charge in [-0.2, -0.15) is 34.8 Å². The van der Waals surface area contributed by atoms with Crippen molar-refractivity contribution in [3.63, 3.8) is 0 Å². The summed E-state index contributed by atoms with van der Waals surface area (Å²) in [5, 5.41) is 9.95. The number of pyridine rings is 1. The summed E-state index contributed by atoms with van der Waals surface area (Å²) >= 11 is 5.85. The van der Waals surface area contributed by atoms with Crippen LogP contribution in [0.4, 0.5) is 32.0 Å². The maximum atomic E-state index is 13.0. The summed E-state index contributed by atoms with van der Waals surface area (Å²) in [5.41, 5.74) is -10.2. The Balaban J connectivity index is 2.32. The Bertz CT molecular complexity index is 1370. The minimum Gasteiger partial charge on any atom is -0.508 e. The van der Waals surface area contributed by atoms with Gasteiger partial charge in [-0.25, -0.2) is 0 Å². The standard InChI is InChI=1S/C18H11ClF6N2O4S/c19-10-2-4-14(28)8(5-10)6-12-11-3-1-9(17(20,21)22)7-13(11)26-16(29)15(12)27-32(30,31)18(23,24)25/h1-5,7,27-28H,6H2,(H,26,29). The van der Waals surface area contributed by atoms with Crippen molar-refractivity contribution in [3.05, 3.63) is 68.5 Å². The van der Waals surface area contributed by atoms with Gasteiger partial charge in [-0.3, -0.25) is 9.52 Å². The lowest BCUT2D eigenvalue weighted by Gasteiger charge is -2.17. The van der Waals surface area contributed by atoms with Gasteiger partial charge in [0, 0.05) is 22.3 Å². The molecule has 0 aliphatic rings. The Morgan fingerprint density at radius 2 is 1.69 bits per heavy atom. The molecule has 0 aliphatic heterocycles. The lowest BCUT2D eigenvalue weighted by molar-refractivity contribution is -0.137. The second-order valence-electron chi connectivity index (χ2n) is 6.57. The summed E-state index contributed by atoms with van der Waals surface area (Å²) in [6, 6.07) is 5.68. The first kappa shape index (κ1) is 23.7. The van der Waals surface area contributed by atoms with Gasteiger partial charge in [0.2, 0.25) is 0 Å². The second kappa shape index (κ2) is 7.89. The summed E-state index contributed by atoms with van der Waals surface area (Å²) in [7, 11) is -6.04. The first-order valence-corrected chi connectivity index (χ1v) is 10.3. The molecule has 2 aromatic carbocycles. The van der Waals surface area contributed by atoms with Crippen molar-refractivity contribution >= 4 is 38.2 Å². The van der Waals surface area contributed by atoms with Crippen LogP contribution in [0.2, 0.25) is 5.02 Å². The fraction of sp³-hybridized carbons (Fsp3) is 0.167. The fourth-order valence-corrected chi connectivity index (χ4v) is 3.71. The van der Waals surface area contributed by atoms with Crippen LogP contribution in [0.25, 0.3) is 10.9 Å². The van der Waals surface area contributed by atoms with Crippen LogP contribution in [-0.4, -0.2) is 24.0 Å². The molecule has 0 saturated heterocycles. The van der Waals surface area contributed by atoms with Gasteiger partial charge in [0.05, 0.1) is 5.56 Å². The minimum absolute atomic E-state index is 0.0169. The van der Waals surface area contributed by atoms with Gasteiger partial charge in [-0.05, 0) is 41.5 Å². The van der Waals surface area contributed by atoms with Crippen molar-refractivity contribution in [1.29, 1.82) is 0 Å². The third-order valence-electron chi connectivity index (χ3n) is 4.40. The number of benzene rings is 2. The molecule has 6 nitrogen and oxygen atoms in total. The van der Waals surface area contributed by atoms with E-state index in [9.17, 15) is 44.7 Å². The highest BCUT2D eigenvalue weighted by atomic mass is 35.5. The second-order valence-corrected chi connectivity index (χ2v) is 8.68. The number of sulfonamides is 1. The number of rotatable bonds is 4. The Labute approximate surface area is 180 Å². The largest absolute Gasteiger partial charge is 0.516 e. The van der Waals surface area contributed by atoms with Crippen molar-refractivity contribution in [1.82, 2.24) is 4.98 Å². The number of aromatic nitrogens is 1. The molecule has 3 aromatic rings. The van der Waals surface area contributed by atoms with E-state index in [0.717, 1.165) is 16.9 Å². The number of H-pyrrole nitrogens is 1. The molecule has 1 heterocycles. The summed E-state index contributed by atoms with van der Waals surface area (Å²) in [6.07, 6.45) is -5.32. The van der Waals surface area contributed by atoms with E-state index in [1.165, 1.54) is 12.1 Å². The van der Waals surface area contributed by atoms with Crippen molar-refractivity contribution in [2.45, 2.75) is 18.1 Å². The molecule has 3 rings (SSSR count). The van der Waals surface area contributed by atoms with E-state index in [4.69, 9.17) is 11.6 Å². The molecule has 0 saturated carbocycles. The summed E-state index contributed by atoms with van der Waals surface area (Å²) in [6.45, 7) is 0. The van der Waals surface area contributed by atoms with Gasteiger partial charge in [0.25, 0.3) is 5.56 Å². The number of anilines is 1. The van der Waals surface area contributed by atoms with Gasteiger partial charge < -0.3 is 10.1 Å². The Kier molecular flexibility index (Phi) is 5.85. The highest BCUT2D eigenvalue weighted by Crippen LogP contribution is 2.35. The number of hydrogen-bond donors (Lipinski definition) is 3. The van der Waals surface area contributed by atoms with Crippen molar-refractivity contribution in [2.24, 2.45) is 0 Å². The van der Waals surface area contributed by atoms with Gasteiger partial charge in [-0.15, -0.1) is 0 Å². The highest BCUT2D eigenvalue weighted by Gasteiger charge is 2.46. The molecule has 1 aromatic heterocycles. The zero-order valence-corrected chi connectivity index (χ0v) is 17.0. The number of aromatic amines is 1. The third-order valence-corrected chi connectivity index (χ3v) is 5.72. The monoisotopic (exact) mass is 500 g/mol. The van der Waals surface area contributed by atoms with E-state index >= 15 is 0 Å². The molecule has 3 N–H and O–H groups in total. The molecule has 0 unspecified atom stereocenters. The topological polar surface area (TPSA) is 99.3 Å². The molecule has 0 radical (unpaired) electrons. The van der Waals surface area contributed by atoms with Crippen molar-refractivity contribution in [2.75, 3.05) is 4.72 Å². The van der Waals surface area contributed by atoms with Crippen LogP contribution in [0.5, 0.6) is 5.75 Å². The number of phenolic OH excluding ortho intramolecular Hbond substituents is 1. The first-order valence-electron chi connectivity index (χ1n) is 8.43. The average molecular weight is 501 g/mol. The van der Waals surface area contributed by atoms with E-state index < -0.39 is 56.0 Å². The minimum atomic E-state index is -6.04. The molecule has 0 amide bonds.